The monoisotopic (exact) mass is 278 g/mol. The molecule has 0 atom stereocenters. The van der Waals surface area contributed by atoms with Gasteiger partial charge in [0, 0.05) is 29.5 Å². The Kier molecular flexibility index (Phi) is 2.47. The number of aromatic nitrogens is 4. The van der Waals surface area contributed by atoms with E-state index in [1.807, 2.05) is 25.3 Å². The molecule has 0 spiro atoms. The van der Waals surface area contributed by atoms with E-state index >= 15 is 0 Å². The van der Waals surface area contributed by atoms with Crippen LogP contribution in [0.15, 0.2) is 48.9 Å². The van der Waals surface area contributed by atoms with Crippen LogP contribution < -0.4 is 0 Å². The van der Waals surface area contributed by atoms with E-state index in [9.17, 15) is 4.39 Å². The molecule has 0 aliphatic carbocycles. The van der Waals surface area contributed by atoms with Crippen LogP contribution >= 0.6 is 0 Å². The second kappa shape index (κ2) is 4.34. The van der Waals surface area contributed by atoms with Gasteiger partial charge in [0.25, 0.3) is 0 Å². The van der Waals surface area contributed by atoms with Crippen LogP contribution in [-0.2, 0) is 0 Å². The van der Waals surface area contributed by atoms with E-state index in [0.717, 1.165) is 27.7 Å². The third kappa shape index (κ3) is 1.78. The van der Waals surface area contributed by atoms with E-state index in [0.29, 0.717) is 5.65 Å². The molecule has 4 rings (SSSR count). The highest BCUT2D eigenvalue weighted by molar-refractivity contribution is 5.97. The zero-order chi connectivity index (χ0) is 14.4. The Bertz CT molecular complexity index is 975. The molecule has 0 unspecified atom stereocenters. The first-order chi connectivity index (χ1) is 10.2. The smallest absolute Gasteiger partial charge is 0.163 e. The van der Waals surface area contributed by atoms with Crippen molar-refractivity contribution in [2.24, 2.45) is 0 Å². The summed E-state index contributed by atoms with van der Waals surface area (Å²) in [6, 6.07) is 8.44. The molecule has 0 saturated carbocycles. The molecule has 0 aliphatic rings. The molecule has 0 aliphatic heterocycles. The van der Waals surface area contributed by atoms with Crippen LogP contribution in [0.2, 0.25) is 0 Å². The summed E-state index contributed by atoms with van der Waals surface area (Å²) in [7, 11) is 0. The Morgan fingerprint density at radius 1 is 1.10 bits per heavy atom. The van der Waals surface area contributed by atoms with Crippen molar-refractivity contribution >= 4 is 16.6 Å². The Hall–Kier alpha value is -2.82. The molecule has 0 radical (unpaired) electrons. The van der Waals surface area contributed by atoms with Gasteiger partial charge in [-0.1, -0.05) is 6.07 Å². The summed E-state index contributed by atoms with van der Waals surface area (Å²) >= 11 is 0. The third-order valence-corrected chi connectivity index (χ3v) is 3.51. The van der Waals surface area contributed by atoms with E-state index in [1.54, 1.807) is 23.0 Å². The number of hydrogen-bond donors (Lipinski definition) is 0. The number of pyridine rings is 1. The molecule has 0 saturated heterocycles. The van der Waals surface area contributed by atoms with Gasteiger partial charge in [-0.25, -0.2) is 13.9 Å². The van der Waals surface area contributed by atoms with Crippen molar-refractivity contribution in [1.29, 1.82) is 0 Å². The summed E-state index contributed by atoms with van der Waals surface area (Å²) in [5, 5.41) is 5.20. The van der Waals surface area contributed by atoms with Crippen molar-refractivity contribution in [3.05, 3.63) is 60.4 Å². The normalized spacial score (nSPS) is 11.3. The van der Waals surface area contributed by atoms with E-state index in [1.165, 1.54) is 12.1 Å². The highest BCUT2D eigenvalue weighted by Crippen LogP contribution is 2.32. The maximum atomic E-state index is 13.9. The third-order valence-electron chi connectivity index (χ3n) is 3.51. The maximum absolute atomic E-state index is 13.9. The number of nitrogens with zero attached hydrogens (tertiary/aromatic N) is 4. The summed E-state index contributed by atoms with van der Waals surface area (Å²) in [5.41, 5.74) is 3.79. The molecular weight excluding hydrogens is 267 g/mol. The Morgan fingerprint density at radius 3 is 2.86 bits per heavy atom. The lowest BCUT2D eigenvalue weighted by Gasteiger charge is -2.06. The van der Waals surface area contributed by atoms with Gasteiger partial charge in [0.05, 0.1) is 16.8 Å². The van der Waals surface area contributed by atoms with Gasteiger partial charge < -0.3 is 0 Å². The van der Waals surface area contributed by atoms with Crippen LogP contribution in [0.5, 0.6) is 0 Å². The summed E-state index contributed by atoms with van der Waals surface area (Å²) < 4.78 is 15.6. The van der Waals surface area contributed by atoms with Crippen LogP contribution in [0.4, 0.5) is 4.39 Å². The average Bonchev–Trinajstić information content (AvgIpc) is 2.82. The van der Waals surface area contributed by atoms with Gasteiger partial charge in [-0.15, -0.1) is 0 Å². The van der Waals surface area contributed by atoms with Gasteiger partial charge in [-0.05, 0) is 31.2 Å². The molecule has 0 bridgehead atoms. The molecule has 1 aromatic carbocycles. The lowest BCUT2D eigenvalue weighted by molar-refractivity contribution is 0.630. The molecule has 0 amide bonds. The number of rotatable bonds is 1. The molecule has 4 nitrogen and oxygen atoms in total. The molecule has 102 valence electrons. The molecule has 0 fully saturated rings. The standard InChI is InChI=1S/C16H11FN4/c1-10-14(16-19-6-3-7-21(16)20-10)13-9-12(17)8-11-4-2-5-18-15(11)13/h2-9H,1H3. The Morgan fingerprint density at radius 2 is 1.95 bits per heavy atom. The fraction of sp³-hybridized carbons (Fsp3) is 0.0625. The van der Waals surface area contributed by atoms with E-state index in [4.69, 9.17) is 0 Å². The number of hydrogen-bond acceptors (Lipinski definition) is 3. The van der Waals surface area contributed by atoms with Gasteiger partial charge in [-0.2, -0.15) is 5.10 Å². The van der Waals surface area contributed by atoms with Gasteiger partial charge in [0.2, 0.25) is 0 Å². The quantitative estimate of drug-likeness (QED) is 0.536. The van der Waals surface area contributed by atoms with Gasteiger partial charge in [0.1, 0.15) is 5.82 Å². The van der Waals surface area contributed by atoms with Crippen molar-refractivity contribution in [2.75, 3.05) is 0 Å². The lowest BCUT2D eigenvalue weighted by Crippen LogP contribution is -1.90. The minimum atomic E-state index is -0.291. The van der Waals surface area contributed by atoms with Crippen molar-refractivity contribution in [2.45, 2.75) is 6.92 Å². The van der Waals surface area contributed by atoms with Crippen LogP contribution in [0.3, 0.4) is 0 Å². The Labute approximate surface area is 119 Å². The molecule has 5 heteroatoms. The van der Waals surface area contributed by atoms with Crippen LogP contribution in [0.25, 0.3) is 27.7 Å². The molecule has 0 N–H and O–H groups in total. The van der Waals surface area contributed by atoms with Crippen molar-refractivity contribution in [3.63, 3.8) is 0 Å². The summed E-state index contributed by atoms with van der Waals surface area (Å²) in [6.45, 7) is 1.89. The zero-order valence-electron chi connectivity index (χ0n) is 11.3. The molecule has 21 heavy (non-hydrogen) atoms. The lowest BCUT2D eigenvalue weighted by atomic mass is 10.0. The molecular formula is C16H11FN4. The van der Waals surface area contributed by atoms with Crippen LogP contribution in [0.1, 0.15) is 5.69 Å². The first-order valence-corrected chi connectivity index (χ1v) is 6.58. The predicted molar refractivity (Wildman–Crippen MR) is 78.4 cm³/mol. The topological polar surface area (TPSA) is 43.1 Å². The molecule has 3 aromatic heterocycles. The van der Waals surface area contributed by atoms with Crippen LogP contribution in [0, 0.1) is 12.7 Å². The number of halogens is 1. The second-order valence-electron chi connectivity index (χ2n) is 4.88. The van der Waals surface area contributed by atoms with Crippen LogP contribution in [-0.4, -0.2) is 19.6 Å². The minimum absolute atomic E-state index is 0.291. The fourth-order valence-electron chi connectivity index (χ4n) is 2.66. The van der Waals surface area contributed by atoms with E-state index in [-0.39, 0.29) is 5.82 Å². The van der Waals surface area contributed by atoms with E-state index < -0.39 is 0 Å². The predicted octanol–water partition coefficient (Wildman–Crippen LogP) is 3.39. The second-order valence-corrected chi connectivity index (χ2v) is 4.88. The average molecular weight is 278 g/mol. The molecule has 4 aromatic rings. The summed E-state index contributed by atoms with van der Waals surface area (Å²) in [6.07, 6.45) is 5.24. The van der Waals surface area contributed by atoms with Crippen molar-refractivity contribution in [3.8, 4) is 11.1 Å². The first kappa shape index (κ1) is 12.0. The zero-order valence-corrected chi connectivity index (χ0v) is 11.3. The van der Waals surface area contributed by atoms with E-state index in [2.05, 4.69) is 15.1 Å². The van der Waals surface area contributed by atoms with Gasteiger partial charge >= 0.3 is 0 Å². The highest BCUT2D eigenvalue weighted by Gasteiger charge is 2.16. The summed E-state index contributed by atoms with van der Waals surface area (Å²) in [4.78, 5) is 8.76. The largest absolute Gasteiger partial charge is 0.256 e. The van der Waals surface area contributed by atoms with Gasteiger partial charge in [0.15, 0.2) is 5.65 Å². The fourth-order valence-corrected chi connectivity index (χ4v) is 2.66. The van der Waals surface area contributed by atoms with Gasteiger partial charge in [-0.3, -0.25) is 4.98 Å². The van der Waals surface area contributed by atoms with Crippen molar-refractivity contribution < 1.29 is 4.39 Å². The summed E-state index contributed by atoms with van der Waals surface area (Å²) in [5.74, 6) is -0.291. The number of benzene rings is 1. The number of fused-ring (bicyclic) bond motifs is 2. The maximum Gasteiger partial charge on any atom is 0.163 e. The SMILES string of the molecule is Cc1nn2cccnc2c1-c1cc(F)cc2cccnc12. The number of aryl methyl sites for hydroxylation is 1. The first-order valence-electron chi connectivity index (χ1n) is 6.58. The highest BCUT2D eigenvalue weighted by atomic mass is 19.1. The van der Waals surface area contributed by atoms with Crippen molar-refractivity contribution in [1.82, 2.24) is 19.6 Å². The molecule has 3 heterocycles. The minimum Gasteiger partial charge on any atom is -0.256 e. The Balaban J connectivity index is 2.16.